The average Bonchev–Trinajstić information content (AvgIpc) is 4.02. The minimum absolute atomic E-state index is 0.125. The summed E-state index contributed by atoms with van der Waals surface area (Å²) in [6.07, 6.45) is 4.08. The summed E-state index contributed by atoms with van der Waals surface area (Å²) >= 11 is 0. The lowest BCUT2D eigenvalue weighted by atomic mass is 10.0. The van der Waals surface area contributed by atoms with E-state index in [2.05, 4.69) is 31.3 Å². The highest BCUT2D eigenvalue weighted by atomic mass is 33.2. The summed E-state index contributed by atoms with van der Waals surface area (Å²) < 4.78 is 4.99. The van der Waals surface area contributed by atoms with E-state index in [1.165, 1.54) is 14.0 Å². The molecular formula is C31H52N8O9S4. The molecule has 2 fully saturated rings. The summed E-state index contributed by atoms with van der Waals surface area (Å²) in [5, 5.41) is 13.3. The summed E-state index contributed by atoms with van der Waals surface area (Å²) in [5.41, 5.74) is 11.0. The zero-order valence-corrected chi connectivity index (χ0v) is 32.9. The van der Waals surface area contributed by atoms with Crippen molar-refractivity contribution >= 4 is 90.6 Å². The Kier molecular flexibility index (Phi) is 21.7. The number of rotatable bonds is 28. The standard InChI is InChI=1S/C31H52N8O9S4/c1-19(40)34-13-8-5-11-22(38-31(47)48-2)28(46)37-16-12-25(43)39(17-23(41)35-14-6-3-9-20(26(32)44)29-49-50-29)18-24(42)36-15-7-4-10-21(27(33)45)30-51-52-30/h20-22,29-30H,3-18H2,1-2H3,(H2,32,44)(H2,33,45)(H,34,40)(H,35,41)(H,36,42)(H,37,46)(H,38,47)/t20?,21?,22-/m1/s1. The molecule has 2 saturated heterocycles. The number of carbonyl (C=O) groups excluding carboxylic acids is 8. The van der Waals surface area contributed by atoms with Gasteiger partial charge in [-0.25, -0.2) is 4.79 Å². The minimum Gasteiger partial charge on any atom is -0.453 e. The lowest BCUT2D eigenvalue weighted by molar-refractivity contribution is -0.139. The molecule has 0 aromatic heterocycles. The summed E-state index contributed by atoms with van der Waals surface area (Å²) in [5.74, 6) is -3.34. The molecule has 2 aliphatic rings. The Morgan fingerprint density at radius 3 is 1.54 bits per heavy atom. The molecule has 21 heteroatoms. The number of unbranched alkanes of at least 4 members (excludes halogenated alkanes) is 3. The third-order valence-corrected chi connectivity index (χ3v) is 12.7. The topological polar surface area (TPSA) is 261 Å². The van der Waals surface area contributed by atoms with E-state index in [1.807, 2.05) is 0 Å². The SMILES string of the molecule is COC(=O)N[C@H](CCCCNC(C)=O)C(=O)NCCC(=O)N(CC(=O)NCCCCC(C(N)=O)C1SS1)CC(=O)NCCCCC(C(N)=O)C1SS1. The smallest absolute Gasteiger partial charge is 0.407 e. The number of carbonyl (C=O) groups is 8. The maximum Gasteiger partial charge on any atom is 0.407 e. The molecule has 0 aliphatic carbocycles. The Balaban J connectivity index is 1.88. The van der Waals surface area contributed by atoms with Crippen LogP contribution < -0.4 is 38.1 Å². The zero-order valence-electron chi connectivity index (χ0n) is 29.6. The molecule has 9 N–H and O–H groups in total. The number of hydrogen-bond donors (Lipinski definition) is 7. The van der Waals surface area contributed by atoms with Crippen LogP contribution in [0.4, 0.5) is 4.79 Å². The Labute approximate surface area is 320 Å². The number of nitrogens with two attached hydrogens (primary N) is 2. The van der Waals surface area contributed by atoms with Gasteiger partial charge in [0.15, 0.2) is 0 Å². The molecule has 3 atom stereocenters. The first-order valence-electron chi connectivity index (χ1n) is 17.2. The molecule has 0 spiro atoms. The molecule has 0 bridgehead atoms. The van der Waals surface area contributed by atoms with Gasteiger partial charge >= 0.3 is 6.09 Å². The summed E-state index contributed by atoms with van der Waals surface area (Å²) in [4.78, 5) is 99.1. The van der Waals surface area contributed by atoms with Crippen molar-refractivity contribution in [3.8, 4) is 0 Å². The van der Waals surface area contributed by atoms with Gasteiger partial charge in [0, 0.05) is 39.5 Å². The third-order valence-electron chi connectivity index (χ3n) is 8.08. The average molecular weight is 809 g/mol. The number of ether oxygens (including phenoxy) is 1. The van der Waals surface area contributed by atoms with E-state index >= 15 is 0 Å². The summed E-state index contributed by atoms with van der Waals surface area (Å²) in [6.45, 7) is 1.52. The maximum absolute atomic E-state index is 13.3. The van der Waals surface area contributed by atoms with Crippen molar-refractivity contribution in [3.05, 3.63) is 0 Å². The fourth-order valence-electron chi connectivity index (χ4n) is 5.06. The van der Waals surface area contributed by atoms with E-state index in [4.69, 9.17) is 11.5 Å². The first kappa shape index (κ1) is 45.1. The van der Waals surface area contributed by atoms with E-state index in [0.717, 1.165) is 4.90 Å². The van der Waals surface area contributed by atoms with E-state index in [0.29, 0.717) is 71.0 Å². The Morgan fingerprint density at radius 2 is 1.12 bits per heavy atom. The molecule has 0 aromatic carbocycles. The number of nitrogens with one attached hydrogen (secondary N) is 5. The van der Waals surface area contributed by atoms with Crippen molar-refractivity contribution in [1.82, 2.24) is 31.5 Å². The van der Waals surface area contributed by atoms with Crippen LogP contribution in [0, 0.1) is 11.8 Å². The molecule has 2 aliphatic heterocycles. The van der Waals surface area contributed by atoms with Crippen molar-refractivity contribution in [2.24, 2.45) is 23.3 Å². The van der Waals surface area contributed by atoms with Gasteiger partial charge in [-0.1, -0.05) is 56.0 Å². The molecule has 17 nitrogen and oxygen atoms in total. The monoisotopic (exact) mass is 808 g/mol. The molecule has 2 unspecified atom stereocenters. The number of hydrogen-bond acceptors (Lipinski definition) is 13. The van der Waals surface area contributed by atoms with Crippen LogP contribution in [0.5, 0.6) is 0 Å². The van der Waals surface area contributed by atoms with Gasteiger partial charge in [-0.05, 0) is 44.9 Å². The predicted molar refractivity (Wildman–Crippen MR) is 203 cm³/mol. The van der Waals surface area contributed by atoms with E-state index < -0.39 is 48.9 Å². The van der Waals surface area contributed by atoms with Crippen molar-refractivity contribution in [2.45, 2.75) is 86.3 Å². The highest BCUT2D eigenvalue weighted by Gasteiger charge is 2.38. The van der Waals surface area contributed by atoms with Gasteiger partial charge in [0.25, 0.3) is 0 Å². The highest BCUT2D eigenvalue weighted by Crippen LogP contribution is 2.58. The van der Waals surface area contributed by atoms with Gasteiger partial charge in [-0.3, -0.25) is 33.6 Å². The number of amides is 8. The van der Waals surface area contributed by atoms with Crippen LogP contribution in [-0.2, 0) is 38.3 Å². The molecule has 294 valence electrons. The molecule has 0 saturated carbocycles. The third kappa shape index (κ3) is 19.7. The second kappa shape index (κ2) is 25.1. The lowest BCUT2D eigenvalue weighted by Crippen LogP contribution is -2.49. The van der Waals surface area contributed by atoms with E-state index in [1.54, 1.807) is 43.2 Å². The zero-order chi connectivity index (χ0) is 38.5. The van der Waals surface area contributed by atoms with E-state index in [9.17, 15) is 38.4 Å². The van der Waals surface area contributed by atoms with Crippen molar-refractivity contribution in [1.29, 1.82) is 0 Å². The van der Waals surface area contributed by atoms with Gasteiger partial charge in [0.2, 0.25) is 41.4 Å². The van der Waals surface area contributed by atoms with Gasteiger partial charge in [0.05, 0.1) is 28.1 Å². The molecule has 52 heavy (non-hydrogen) atoms. The fraction of sp³-hybridized carbons (Fsp3) is 0.742. The lowest BCUT2D eigenvalue weighted by Gasteiger charge is -2.23. The quantitative estimate of drug-likeness (QED) is 0.0325. The van der Waals surface area contributed by atoms with Crippen LogP contribution in [0.3, 0.4) is 0 Å². The second-order valence-corrected chi connectivity index (χ2v) is 18.0. The fourth-order valence-corrected chi connectivity index (χ4v) is 8.80. The van der Waals surface area contributed by atoms with Gasteiger partial charge < -0.3 is 47.7 Å². The number of primary amides is 2. The number of alkyl carbamates (subject to hydrolysis) is 1. The van der Waals surface area contributed by atoms with Crippen LogP contribution in [0.15, 0.2) is 0 Å². The van der Waals surface area contributed by atoms with Crippen LogP contribution in [0.1, 0.15) is 71.1 Å². The molecule has 8 amide bonds. The largest absolute Gasteiger partial charge is 0.453 e. The normalized spacial score (nSPS) is 15.3. The molecule has 0 aromatic rings. The van der Waals surface area contributed by atoms with Gasteiger partial charge in [0.1, 0.15) is 19.1 Å². The number of methoxy groups -OCH3 is 1. The van der Waals surface area contributed by atoms with Crippen LogP contribution >= 0.6 is 43.2 Å². The van der Waals surface area contributed by atoms with Crippen molar-refractivity contribution in [2.75, 3.05) is 46.4 Å². The Bertz CT molecular complexity index is 1190. The second-order valence-electron chi connectivity index (χ2n) is 12.3. The van der Waals surface area contributed by atoms with Crippen molar-refractivity contribution < 1.29 is 43.1 Å². The van der Waals surface area contributed by atoms with E-state index in [-0.39, 0.29) is 58.1 Å². The highest BCUT2D eigenvalue weighted by molar-refractivity contribution is 8.93. The van der Waals surface area contributed by atoms with Gasteiger partial charge in [-0.15, -0.1) is 0 Å². The van der Waals surface area contributed by atoms with Crippen LogP contribution in [0.25, 0.3) is 0 Å². The predicted octanol–water partition coefficient (Wildman–Crippen LogP) is 0.571. The number of nitrogens with zero attached hydrogens (tertiary/aromatic N) is 1. The summed E-state index contributed by atoms with van der Waals surface area (Å²) in [7, 11) is 7.64. The summed E-state index contributed by atoms with van der Waals surface area (Å²) in [6, 6.07) is -0.951. The van der Waals surface area contributed by atoms with Gasteiger partial charge in [-0.2, -0.15) is 0 Å². The van der Waals surface area contributed by atoms with Crippen molar-refractivity contribution in [3.63, 3.8) is 0 Å². The molecule has 0 radical (unpaired) electrons. The molecule has 2 rings (SSSR count). The first-order chi connectivity index (χ1) is 24.8. The molecule has 2 heterocycles. The maximum atomic E-state index is 13.3. The Hall–Kier alpha value is -3.04. The molecular weight excluding hydrogens is 757 g/mol. The minimum atomic E-state index is -0.951. The van der Waals surface area contributed by atoms with Crippen LogP contribution in [0.2, 0.25) is 0 Å². The van der Waals surface area contributed by atoms with Crippen LogP contribution in [-0.4, -0.2) is 114 Å². The first-order valence-corrected chi connectivity index (χ1v) is 21.8. The Morgan fingerprint density at radius 1 is 0.654 bits per heavy atom.